The highest BCUT2D eigenvalue weighted by Crippen LogP contribution is 2.64. The Morgan fingerprint density at radius 3 is 1.32 bits per heavy atom. The van der Waals surface area contributed by atoms with Crippen LogP contribution < -0.4 is 0 Å². The van der Waals surface area contributed by atoms with Crippen LogP contribution in [-0.4, -0.2) is 60.6 Å². The number of hydrogen-bond donors (Lipinski definition) is 0. The van der Waals surface area contributed by atoms with Crippen LogP contribution in [0.15, 0.2) is 0 Å². The lowest BCUT2D eigenvalue weighted by atomic mass is 9.75. The first-order valence-electron chi connectivity index (χ1n) is 6.34. The highest BCUT2D eigenvalue weighted by molar-refractivity contribution is 5.78. The SMILES string of the molecule is O=C(F)C(F)(F)C(F)(F)C(F)(C(F)(F)F)C(F)(F)C(F)(CF)C(F)(F)CCF. The number of carbonyl (C=O) groups excluding carboxylic acids is 1. The van der Waals surface area contributed by atoms with Crippen molar-refractivity contribution in [3.8, 4) is 0 Å². The number of halogens is 16. The van der Waals surface area contributed by atoms with Crippen molar-refractivity contribution < 1.29 is 75.0 Å². The Morgan fingerprint density at radius 2 is 1.07 bits per heavy atom. The van der Waals surface area contributed by atoms with Crippen molar-refractivity contribution >= 4 is 6.04 Å². The van der Waals surface area contributed by atoms with Crippen LogP contribution in [0, 0.1) is 0 Å². The Hall–Kier alpha value is -1.45. The molecule has 0 rings (SSSR count). The first kappa shape index (κ1) is 26.6. The predicted molar refractivity (Wildman–Crippen MR) is 56.2 cm³/mol. The molecule has 1 nitrogen and oxygen atoms in total. The lowest BCUT2D eigenvalue weighted by molar-refractivity contribution is -0.426. The van der Waals surface area contributed by atoms with E-state index in [1.807, 2.05) is 0 Å². The smallest absolute Gasteiger partial charge is 0.254 e. The van der Waals surface area contributed by atoms with Gasteiger partial charge in [0.25, 0.3) is 11.6 Å². The first-order chi connectivity index (χ1) is 12.1. The largest absolute Gasteiger partial charge is 0.435 e. The van der Waals surface area contributed by atoms with Gasteiger partial charge in [-0.3, -0.25) is 9.18 Å². The van der Waals surface area contributed by atoms with Crippen LogP contribution >= 0.6 is 0 Å². The minimum absolute atomic E-state index is 2.59. The van der Waals surface area contributed by atoms with E-state index in [0.29, 0.717) is 0 Å². The fourth-order valence-corrected chi connectivity index (χ4v) is 1.89. The molecule has 0 aliphatic carbocycles. The Kier molecular flexibility index (Phi) is 6.74. The van der Waals surface area contributed by atoms with Gasteiger partial charge in [0.2, 0.25) is 0 Å². The molecule has 0 aromatic rings. The second-order valence-electron chi connectivity index (χ2n) is 5.23. The fourth-order valence-electron chi connectivity index (χ4n) is 1.89. The van der Waals surface area contributed by atoms with Crippen LogP contribution in [0.1, 0.15) is 6.42 Å². The van der Waals surface area contributed by atoms with E-state index in [9.17, 15) is 75.0 Å². The highest BCUT2D eigenvalue weighted by atomic mass is 19.4. The maximum Gasteiger partial charge on any atom is 0.435 e. The van der Waals surface area contributed by atoms with Crippen LogP contribution in [0.4, 0.5) is 70.2 Å². The Labute approximate surface area is 143 Å². The van der Waals surface area contributed by atoms with Crippen molar-refractivity contribution in [3.05, 3.63) is 0 Å². The molecule has 0 aromatic carbocycles. The second-order valence-corrected chi connectivity index (χ2v) is 5.23. The Balaban J connectivity index is 7.19. The molecule has 0 N–H and O–H groups in total. The summed E-state index contributed by atoms with van der Waals surface area (Å²) in [6.07, 6.45) is -11.0. The molecule has 17 heteroatoms. The zero-order chi connectivity index (χ0) is 23.2. The summed E-state index contributed by atoms with van der Waals surface area (Å²) in [6.45, 7) is -6.70. The molecular formula is C11H6F16O. The predicted octanol–water partition coefficient (Wildman–Crippen LogP) is 5.33. The van der Waals surface area contributed by atoms with Crippen LogP contribution in [0.3, 0.4) is 0 Å². The summed E-state index contributed by atoms with van der Waals surface area (Å²) in [6, 6.07) is -4.83. The van der Waals surface area contributed by atoms with E-state index in [1.54, 1.807) is 0 Å². The van der Waals surface area contributed by atoms with Crippen molar-refractivity contribution in [3.63, 3.8) is 0 Å². The van der Waals surface area contributed by atoms with Gasteiger partial charge in [0.15, 0.2) is 0 Å². The molecule has 0 heterocycles. The molecule has 0 amide bonds. The minimum atomic E-state index is -8.46. The number of carbonyl (C=O) groups is 1. The summed E-state index contributed by atoms with van der Waals surface area (Å²) >= 11 is 0. The zero-order valence-corrected chi connectivity index (χ0v) is 12.6. The standard InChI is InChI=1S/C11H6F16O/c12-2-1-6(16,17)5(15,3-13)9(21,22)8(20,11(25,26)27)10(23,24)7(18,19)4(14)28/h1-3H2. The minimum Gasteiger partial charge on any atom is -0.254 e. The van der Waals surface area contributed by atoms with Crippen molar-refractivity contribution in [1.29, 1.82) is 0 Å². The molecule has 0 saturated heterocycles. The number of rotatable bonds is 9. The number of hydrogen-bond acceptors (Lipinski definition) is 1. The summed E-state index contributed by atoms with van der Waals surface area (Å²) in [7, 11) is 0. The lowest BCUT2D eigenvalue weighted by Crippen LogP contribution is -2.79. The third-order valence-electron chi connectivity index (χ3n) is 3.57. The van der Waals surface area contributed by atoms with Crippen LogP contribution in [0.25, 0.3) is 0 Å². The fraction of sp³-hybridized carbons (Fsp3) is 0.909. The molecule has 168 valence electrons. The van der Waals surface area contributed by atoms with E-state index >= 15 is 0 Å². The summed E-state index contributed by atoms with van der Waals surface area (Å²) in [5.41, 5.74) is -15.4. The molecule has 28 heavy (non-hydrogen) atoms. The van der Waals surface area contributed by atoms with Gasteiger partial charge in [-0.25, -0.2) is 22.0 Å². The molecule has 0 aromatic heterocycles. The van der Waals surface area contributed by atoms with E-state index in [1.165, 1.54) is 0 Å². The first-order valence-corrected chi connectivity index (χ1v) is 6.34. The van der Waals surface area contributed by atoms with Crippen LogP contribution in [-0.2, 0) is 4.79 Å². The molecule has 2 atom stereocenters. The van der Waals surface area contributed by atoms with Gasteiger partial charge < -0.3 is 0 Å². The van der Waals surface area contributed by atoms with E-state index in [0.717, 1.165) is 0 Å². The quantitative estimate of drug-likeness (QED) is 0.337. The third-order valence-corrected chi connectivity index (χ3v) is 3.57. The maximum atomic E-state index is 13.9. The van der Waals surface area contributed by atoms with Gasteiger partial charge in [0, 0.05) is 6.42 Å². The van der Waals surface area contributed by atoms with Crippen molar-refractivity contribution in [2.45, 2.75) is 47.6 Å². The Morgan fingerprint density at radius 1 is 0.679 bits per heavy atom. The maximum absolute atomic E-state index is 13.9. The monoisotopic (exact) mass is 458 g/mol. The molecule has 0 aliphatic rings. The summed E-state index contributed by atoms with van der Waals surface area (Å²) in [5, 5.41) is 0. The van der Waals surface area contributed by atoms with Crippen molar-refractivity contribution in [1.82, 2.24) is 0 Å². The third kappa shape index (κ3) is 3.17. The normalized spacial score (nSPS) is 19.1. The molecule has 0 spiro atoms. The summed E-state index contributed by atoms with van der Waals surface area (Å²) < 4.78 is 208. The van der Waals surface area contributed by atoms with Gasteiger partial charge in [0.05, 0.1) is 6.67 Å². The van der Waals surface area contributed by atoms with Crippen LogP contribution in [0.5, 0.6) is 0 Å². The lowest BCUT2D eigenvalue weighted by Gasteiger charge is -2.47. The molecule has 2 unspecified atom stereocenters. The average Bonchev–Trinajstić information content (AvgIpc) is 2.50. The van der Waals surface area contributed by atoms with E-state index in [2.05, 4.69) is 0 Å². The van der Waals surface area contributed by atoms with Gasteiger partial charge in [-0.15, -0.1) is 0 Å². The highest BCUT2D eigenvalue weighted by Gasteiger charge is 2.95. The van der Waals surface area contributed by atoms with Gasteiger partial charge in [0.1, 0.15) is 6.67 Å². The van der Waals surface area contributed by atoms with E-state index in [4.69, 9.17) is 0 Å². The van der Waals surface area contributed by atoms with Gasteiger partial charge in [-0.2, -0.15) is 43.9 Å². The van der Waals surface area contributed by atoms with Crippen molar-refractivity contribution in [2.24, 2.45) is 0 Å². The zero-order valence-electron chi connectivity index (χ0n) is 12.6. The topological polar surface area (TPSA) is 17.1 Å². The van der Waals surface area contributed by atoms with Gasteiger partial charge >= 0.3 is 35.6 Å². The average molecular weight is 458 g/mol. The molecule has 0 saturated carbocycles. The summed E-state index contributed by atoms with van der Waals surface area (Å²) in [5.74, 6) is -30.4. The Bertz CT molecular complexity index is 582. The molecule has 0 bridgehead atoms. The molecule has 0 aliphatic heterocycles. The van der Waals surface area contributed by atoms with E-state index < -0.39 is 67.0 Å². The number of alkyl halides is 15. The molecular weight excluding hydrogens is 452 g/mol. The molecule has 0 fully saturated rings. The van der Waals surface area contributed by atoms with Gasteiger partial charge in [-0.1, -0.05) is 0 Å². The summed E-state index contributed by atoms with van der Waals surface area (Å²) in [4.78, 5) is 9.79. The van der Waals surface area contributed by atoms with Crippen molar-refractivity contribution in [2.75, 3.05) is 13.3 Å². The van der Waals surface area contributed by atoms with Gasteiger partial charge in [-0.05, 0) is 0 Å². The second kappa shape index (κ2) is 7.11. The van der Waals surface area contributed by atoms with Crippen LogP contribution in [0.2, 0.25) is 0 Å². The molecule has 0 radical (unpaired) electrons. The van der Waals surface area contributed by atoms with E-state index in [-0.39, 0.29) is 0 Å².